The minimum absolute atomic E-state index is 0.176. The SMILES string of the molecule is Cc1[nH]nc(NC(=O)c2cn[nH]n2)c1N. The largest absolute Gasteiger partial charge is 0.394 e. The van der Waals surface area contributed by atoms with Gasteiger partial charge in [-0.3, -0.25) is 9.89 Å². The summed E-state index contributed by atoms with van der Waals surface area (Å²) in [5, 5.41) is 18.5. The van der Waals surface area contributed by atoms with Crippen molar-refractivity contribution in [1.29, 1.82) is 0 Å². The van der Waals surface area contributed by atoms with Gasteiger partial charge in [0.15, 0.2) is 11.5 Å². The summed E-state index contributed by atoms with van der Waals surface area (Å²) in [7, 11) is 0. The number of aromatic amines is 2. The van der Waals surface area contributed by atoms with Crippen LogP contribution in [0, 0.1) is 6.92 Å². The first-order valence-corrected chi connectivity index (χ1v) is 4.16. The molecule has 0 fully saturated rings. The summed E-state index contributed by atoms with van der Waals surface area (Å²) in [5.74, 6) is -0.123. The number of aryl methyl sites for hydroxylation is 1. The van der Waals surface area contributed by atoms with E-state index in [9.17, 15) is 4.79 Å². The standard InChI is InChI=1S/C7H9N7O/c1-3-5(8)6(13-11-3)10-7(15)4-2-9-14-12-4/h2H,8H2,1H3,(H,9,12,14)(H2,10,11,13,15). The highest BCUT2D eigenvalue weighted by atomic mass is 16.2. The lowest BCUT2D eigenvalue weighted by atomic mass is 10.3. The van der Waals surface area contributed by atoms with Crippen LogP contribution in [0.2, 0.25) is 0 Å². The Morgan fingerprint density at radius 2 is 2.33 bits per heavy atom. The number of nitrogen functional groups attached to an aromatic ring is 1. The van der Waals surface area contributed by atoms with Gasteiger partial charge in [0.1, 0.15) is 0 Å². The van der Waals surface area contributed by atoms with Gasteiger partial charge in [-0.2, -0.15) is 20.5 Å². The molecule has 2 aromatic rings. The van der Waals surface area contributed by atoms with E-state index in [2.05, 4.69) is 30.9 Å². The Morgan fingerprint density at radius 1 is 1.53 bits per heavy atom. The molecule has 8 heteroatoms. The van der Waals surface area contributed by atoms with Crippen LogP contribution >= 0.6 is 0 Å². The Balaban J connectivity index is 2.16. The molecule has 0 aliphatic rings. The van der Waals surface area contributed by atoms with Crippen LogP contribution in [-0.2, 0) is 0 Å². The molecule has 78 valence electrons. The molecule has 0 radical (unpaired) electrons. The molecule has 1 amide bonds. The zero-order valence-electron chi connectivity index (χ0n) is 7.90. The van der Waals surface area contributed by atoms with Gasteiger partial charge in [0.25, 0.3) is 5.91 Å². The van der Waals surface area contributed by atoms with Crippen molar-refractivity contribution in [1.82, 2.24) is 25.6 Å². The van der Waals surface area contributed by atoms with E-state index in [0.717, 1.165) is 0 Å². The van der Waals surface area contributed by atoms with Crippen LogP contribution in [0.1, 0.15) is 16.2 Å². The van der Waals surface area contributed by atoms with E-state index in [-0.39, 0.29) is 5.69 Å². The fraction of sp³-hybridized carbons (Fsp3) is 0.143. The van der Waals surface area contributed by atoms with E-state index in [4.69, 9.17) is 5.73 Å². The number of hydrogen-bond donors (Lipinski definition) is 4. The predicted octanol–water partition coefficient (Wildman–Crippen LogP) is -0.329. The van der Waals surface area contributed by atoms with Gasteiger partial charge in [-0.25, -0.2) is 0 Å². The van der Waals surface area contributed by atoms with Crippen molar-refractivity contribution in [2.24, 2.45) is 0 Å². The highest BCUT2D eigenvalue weighted by molar-refractivity contribution is 6.03. The van der Waals surface area contributed by atoms with Gasteiger partial charge in [-0.15, -0.1) is 0 Å². The summed E-state index contributed by atoms with van der Waals surface area (Å²) in [5.41, 5.74) is 6.94. The molecule has 2 aromatic heterocycles. The van der Waals surface area contributed by atoms with Crippen molar-refractivity contribution in [3.8, 4) is 0 Å². The van der Waals surface area contributed by atoms with Crippen molar-refractivity contribution in [2.75, 3.05) is 11.1 Å². The fourth-order valence-corrected chi connectivity index (χ4v) is 1.02. The topological polar surface area (TPSA) is 125 Å². The van der Waals surface area contributed by atoms with Crippen LogP contribution in [0.3, 0.4) is 0 Å². The lowest BCUT2D eigenvalue weighted by Crippen LogP contribution is -2.13. The third-order valence-corrected chi connectivity index (χ3v) is 1.87. The molecule has 0 spiro atoms. The first-order valence-electron chi connectivity index (χ1n) is 4.16. The predicted molar refractivity (Wildman–Crippen MR) is 52.1 cm³/mol. The summed E-state index contributed by atoms with van der Waals surface area (Å²) in [6.45, 7) is 1.76. The lowest BCUT2D eigenvalue weighted by Gasteiger charge is -1.98. The second kappa shape index (κ2) is 3.40. The third kappa shape index (κ3) is 1.64. The molecular weight excluding hydrogens is 198 g/mol. The van der Waals surface area contributed by atoms with E-state index in [1.165, 1.54) is 6.20 Å². The molecule has 15 heavy (non-hydrogen) atoms. The maximum atomic E-state index is 11.5. The molecule has 0 saturated heterocycles. The highest BCUT2D eigenvalue weighted by Crippen LogP contribution is 2.18. The Morgan fingerprint density at radius 3 is 2.87 bits per heavy atom. The molecule has 8 nitrogen and oxygen atoms in total. The van der Waals surface area contributed by atoms with Crippen molar-refractivity contribution >= 4 is 17.4 Å². The summed E-state index contributed by atoms with van der Waals surface area (Å²) in [6, 6.07) is 0. The van der Waals surface area contributed by atoms with Crippen LogP contribution in [0.15, 0.2) is 6.20 Å². The maximum absolute atomic E-state index is 11.5. The number of aromatic nitrogens is 5. The molecule has 2 rings (SSSR count). The Bertz CT molecular complexity index is 471. The van der Waals surface area contributed by atoms with Crippen LogP contribution in [0.25, 0.3) is 0 Å². The summed E-state index contributed by atoms with van der Waals surface area (Å²) >= 11 is 0. The zero-order chi connectivity index (χ0) is 10.8. The van der Waals surface area contributed by atoms with Gasteiger partial charge < -0.3 is 11.1 Å². The van der Waals surface area contributed by atoms with Crippen molar-refractivity contribution in [3.63, 3.8) is 0 Å². The summed E-state index contributed by atoms with van der Waals surface area (Å²) in [4.78, 5) is 11.5. The number of amides is 1. The van der Waals surface area contributed by atoms with Gasteiger partial charge in [0.2, 0.25) is 0 Å². The Hall–Kier alpha value is -2.38. The third-order valence-electron chi connectivity index (χ3n) is 1.87. The average Bonchev–Trinajstić information content (AvgIpc) is 2.83. The average molecular weight is 207 g/mol. The zero-order valence-corrected chi connectivity index (χ0v) is 7.90. The molecule has 0 aliphatic heterocycles. The molecule has 0 atom stereocenters. The van der Waals surface area contributed by atoms with E-state index in [1.807, 2.05) is 0 Å². The van der Waals surface area contributed by atoms with E-state index < -0.39 is 5.91 Å². The molecule has 0 aliphatic carbocycles. The van der Waals surface area contributed by atoms with Crippen molar-refractivity contribution in [2.45, 2.75) is 6.92 Å². The van der Waals surface area contributed by atoms with Gasteiger partial charge in [-0.05, 0) is 6.92 Å². The van der Waals surface area contributed by atoms with Crippen molar-refractivity contribution in [3.05, 3.63) is 17.6 Å². The molecule has 0 saturated carbocycles. The number of carbonyl (C=O) groups excluding carboxylic acids is 1. The normalized spacial score (nSPS) is 10.2. The van der Waals surface area contributed by atoms with Crippen LogP contribution < -0.4 is 11.1 Å². The number of nitrogens with zero attached hydrogens (tertiary/aromatic N) is 3. The first kappa shape index (κ1) is 9.19. The first-order chi connectivity index (χ1) is 7.18. The number of nitrogens with two attached hydrogens (primary N) is 1. The summed E-state index contributed by atoms with van der Waals surface area (Å²) < 4.78 is 0. The monoisotopic (exact) mass is 207 g/mol. The Labute approximate surface area is 84.3 Å². The second-order valence-corrected chi connectivity index (χ2v) is 2.92. The van der Waals surface area contributed by atoms with Gasteiger partial charge in [0, 0.05) is 0 Å². The minimum atomic E-state index is -0.415. The smallest absolute Gasteiger partial charge is 0.279 e. The van der Waals surface area contributed by atoms with Crippen LogP contribution in [-0.4, -0.2) is 31.5 Å². The van der Waals surface area contributed by atoms with Crippen LogP contribution in [0.5, 0.6) is 0 Å². The molecular formula is C7H9N7O. The number of rotatable bonds is 2. The molecule has 2 heterocycles. The van der Waals surface area contributed by atoms with Gasteiger partial charge in [0.05, 0.1) is 17.6 Å². The van der Waals surface area contributed by atoms with Crippen LogP contribution in [0.4, 0.5) is 11.5 Å². The van der Waals surface area contributed by atoms with E-state index in [1.54, 1.807) is 6.92 Å². The fourth-order valence-electron chi connectivity index (χ4n) is 1.02. The van der Waals surface area contributed by atoms with Gasteiger partial charge >= 0.3 is 0 Å². The number of carbonyl (C=O) groups is 1. The van der Waals surface area contributed by atoms with E-state index >= 15 is 0 Å². The minimum Gasteiger partial charge on any atom is -0.394 e. The quantitative estimate of drug-likeness (QED) is 0.536. The number of anilines is 2. The number of H-pyrrole nitrogens is 2. The lowest BCUT2D eigenvalue weighted by molar-refractivity contribution is 0.102. The van der Waals surface area contributed by atoms with E-state index in [0.29, 0.717) is 17.2 Å². The second-order valence-electron chi connectivity index (χ2n) is 2.92. The van der Waals surface area contributed by atoms with Crippen molar-refractivity contribution < 1.29 is 4.79 Å². The number of hydrogen-bond acceptors (Lipinski definition) is 5. The molecule has 0 aromatic carbocycles. The maximum Gasteiger partial charge on any atom is 0.279 e. The molecule has 0 unspecified atom stereocenters. The summed E-state index contributed by atoms with van der Waals surface area (Å²) in [6.07, 6.45) is 1.31. The van der Waals surface area contributed by atoms with Gasteiger partial charge in [-0.1, -0.05) is 0 Å². The number of nitrogens with one attached hydrogen (secondary N) is 3. The Kier molecular flexibility index (Phi) is 2.08. The molecule has 0 bridgehead atoms. The molecule has 5 N–H and O–H groups in total. The highest BCUT2D eigenvalue weighted by Gasteiger charge is 2.13.